The number of amides is 2. The molecule has 22 heavy (non-hydrogen) atoms. The van der Waals surface area contributed by atoms with Crippen molar-refractivity contribution in [3.63, 3.8) is 0 Å². The van der Waals surface area contributed by atoms with Crippen molar-refractivity contribution in [3.8, 4) is 0 Å². The standard InChI is InChI=1S/C14H31N3O4Si/c1-22(2,3)12-11-21-17-20-10-6-9-16-14(19)8-5-4-7-13(15)18/h17H,4-12H2,1-3H3,(H2,15,18)(H,16,19). The molecule has 0 radical (unpaired) electrons. The number of hydrogen-bond acceptors (Lipinski definition) is 5. The maximum atomic E-state index is 11.5. The molecule has 0 saturated carbocycles. The number of primary amides is 1. The van der Waals surface area contributed by atoms with Crippen molar-refractivity contribution < 1.29 is 19.3 Å². The lowest BCUT2D eigenvalue weighted by Crippen LogP contribution is -2.27. The second-order valence-corrected chi connectivity index (χ2v) is 12.1. The first-order valence-electron chi connectivity index (χ1n) is 7.85. The van der Waals surface area contributed by atoms with Crippen LogP contribution in [0.2, 0.25) is 25.7 Å². The summed E-state index contributed by atoms with van der Waals surface area (Å²) < 4.78 is 0. The molecule has 0 aromatic rings. The lowest BCUT2D eigenvalue weighted by Gasteiger charge is -2.15. The number of carbonyl (C=O) groups excluding carboxylic acids is 2. The summed E-state index contributed by atoms with van der Waals surface area (Å²) in [5.41, 5.74) is 7.48. The molecule has 0 aliphatic carbocycles. The fourth-order valence-electron chi connectivity index (χ4n) is 1.53. The minimum Gasteiger partial charge on any atom is -0.370 e. The van der Waals surface area contributed by atoms with Gasteiger partial charge in [0.2, 0.25) is 11.8 Å². The van der Waals surface area contributed by atoms with Gasteiger partial charge >= 0.3 is 0 Å². The van der Waals surface area contributed by atoms with Crippen LogP contribution in [-0.4, -0.2) is 39.6 Å². The van der Waals surface area contributed by atoms with Crippen LogP contribution >= 0.6 is 0 Å². The van der Waals surface area contributed by atoms with E-state index in [1.54, 1.807) is 0 Å². The summed E-state index contributed by atoms with van der Waals surface area (Å²) in [5.74, 6) is -0.332. The van der Waals surface area contributed by atoms with E-state index in [4.69, 9.17) is 15.4 Å². The van der Waals surface area contributed by atoms with Crippen molar-refractivity contribution in [1.82, 2.24) is 11.0 Å². The fourth-order valence-corrected chi connectivity index (χ4v) is 2.24. The van der Waals surface area contributed by atoms with Crippen LogP contribution in [0.3, 0.4) is 0 Å². The highest BCUT2D eigenvalue weighted by molar-refractivity contribution is 6.76. The number of hydrogen-bond donors (Lipinski definition) is 3. The van der Waals surface area contributed by atoms with Crippen molar-refractivity contribution >= 4 is 19.9 Å². The van der Waals surface area contributed by atoms with Crippen LogP contribution in [-0.2, 0) is 19.3 Å². The Kier molecular flexibility index (Phi) is 12.0. The Hall–Kier alpha value is -0.963. The summed E-state index contributed by atoms with van der Waals surface area (Å²) in [6.07, 6.45) is 2.80. The third-order valence-electron chi connectivity index (χ3n) is 2.89. The number of unbranched alkanes of at least 4 members (excludes halogenated alkanes) is 1. The molecule has 0 aliphatic rings. The summed E-state index contributed by atoms with van der Waals surface area (Å²) in [5, 5.41) is 2.79. The van der Waals surface area contributed by atoms with Crippen molar-refractivity contribution in [1.29, 1.82) is 0 Å². The fraction of sp³-hybridized carbons (Fsp3) is 0.857. The Labute approximate surface area is 134 Å². The van der Waals surface area contributed by atoms with Gasteiger partial charge in [-0.2, -0.15) is 0 Å². The van der Waals surface area contributed by atoms with Gasteiger partial charge in [0.15, 0.2) is 0 Å². The van der Waals surface area contributed by atoms with E-state index in [-0.39, 0.29) is 11.8 Å². The first-order valence-corrected chi connectivity index (χ1v) is 11.6. The van der Waals surface area contributed by atoms with Gasteiger partial charge in [0.05, 0.1) is 13.2 Å². The zero-order valence-corrected chi connectivity index (χ0v) is 15.1. The van der Waals surface area contributed by atoms with E-state index in [0.717, 1.165) is 6.04 Å². The zero-order valence-electron chi connectivity index (χ0n) is 14.1. The predicted molar refractivity (Wildman–Crippen MR) is 88.5 cm³/mol. The molecular formula is C14H31N3O4Si. The highest BCUT2D eigenvalue weighted by Crippen LogP contribution is 2.06. The maximum absolute atomic E-state index is 11.5. The van der Waals surface area contributed by atoms with Crippen LogP contribution in [0.5, 0.6) is 0 Å². The molecule has 130 valence electrons. The smallest absolute Gasteiger partial charge is 0.219 e. The molecule has 0 spiro atoms. The Bertz CT molecular complexity index is 322. The van der Waals surface area contributed by atoms with Crippen LogP contribution in [0.1, 0.15) is 32.1 Å². The third kappa shape index (κ3) is 17.1. The van der Waals surface area contributed by atoms with Crippen LogP contribution < -0.4 is 16.7 Å². The largest absolute Gasteiger partial charge is 0.370 e. The van der Waals surface area contributed by atoms with Gasteiger partial charge < -0.3 is 11.1 Å². The normalized spacial score (nSPS) is 11.4. The summed E-state index contributed by atoms with van der Waals surface area (Å²) >= 11 is 0. The summed E-state index contributed by atoms with van der Waals surface area (Å²) in [7, 11) is -1.07. The van der Waals surface area contributed by atoms with E-state index in [1.807, 2.05) is 0 Å². The lowest BCUT2D eigenvalue weighted by molar-refractivity contribution is -0.167. The molecule has 0 aromatic heterocycles. The molecule has 0 bridgehead atoms. The number of nitrogens with two attached hydrogens (primary N) is 1. The molecule has 0 heterocycles. The second-order valence-electron chi connectivity index (χ2n) is 6.47. The summed E-state index contributed by atoms with van der Waals surface area (Å²) in [4.78, 5) is 32.2. The van der Waals surface area contributed by atoms with E-state index >= 15 is 0 Å². The highest BCUT2D eigenvalue weighted by atomic mass is 28.3. The monoisotopic (exact) mass is 333 g/mol. The third-order valence-corrected chi connectivity index (χ3v) is 4.60. The van der Waals surface area contributed by atoms with Gasteiger partial charge in [0.25, 0.3) is 0 Å². The zero-order chi connectivity index (χ0) is 16.8. The minimum atomic E-state index is -1.07. The van der Waals surface area contributed by atoms with E-state index < -0.39 is 8.07 Å². The van der Waals surface area contributed by atoms with Gasteiger partial charge in [-0.1, -0.05) is 25.3 Å². The number of rotatable bonds is 14. The second kappa shape index (κ2) is 12.6. The minimum absolute atomic E-state index is 0.0104. The van der Waals surface area contributed by atoms with Gasteiger partial charge in [0.1, 0.15) is 0 Å². The Balaban J connectivity index is 3.25. The molecule has 4 N–H and O–H groups in total. The van der Waals surface area contributed by atoms with Crippen molar-refractivity contribution in [2.75, 3.05) is 19.8 Å². The maximum Gasteiger partial charge on any atom is 0.219 e. The molecule has 0 saturated heterocycles. The molecule has 8 heteroatoms. The van der Waals surface area contributed by atoms with E-state index in [1.165, 1.54) is 0 Å². The van der Waals surface area contributed by atoms with E-state index in [2.05, 4.69) is 30.6 Å². The van der Waals surface area contributed by atoms with Gasteiger partial charge in [-0.25, -0.2) is 0 Å². The summed E-state index contributed by atoms with van der Waals surface area (Å²) in [6.45, 7) is 8.53. The van der Waals surface area contributed by atoms with Crippen molar-refractivity contribution in [2.45, 2.75) is 57.8 Å². The molecular weight excluding hydrogens is 302 g/mol. The Morgan fingerprint density at radius 3 is 2.27 bits per heavy atom. The Morgan fingerprint density at radius 2 is 1.64 bits per heavy atom. The number of carbonyl (C=O) groups is 2. The molecule has 2 amide bonds. The first kappa shape index (κ1) is 21.0. The molecule has 0 aliphatic heterocycles. The van der Waals surface area contributed by atoms with Crippen molar-refractivity contribution in [2.24, 2.45) is 5.73 Å². The molecule has 0 aromatic carbocycles. The average molecular weight is 334 g/mol. The van der Waals surface area contributed by atoms with Crippen molar-refractivity contribution in [3.05, 3.63) is 0 Å². The molecule has 0 atom stereocenters. The van der Waals surface area contributed by atoms with Gasteiger partial charge in [0, 0.05) is 27.5 Å². The van der Waals surface area contributed by atoms with E-state index in [9.17, 15) is 9.59 Å². The molecule has 7 nitrogen and oxygen atoms in total. The van der Waals surface area contributed by atoms with Gasteiger partial charge in [-0.15, -0.1) is 0 Å². The molecule has 0 rings (SSSR count). The molecule has 0 unspecified atom stereocenters. The first-order chi connectivity index (χ1) is 10.3. The summed E-state index contributed by atoms with van der Waals surface area (Å²) in [6, 6.07) is 1.08. The molecule has 0 fully saturated rings. The number of nitrogens with one attached hydrogen (secondary N) is 2. The van der Waals surface area contributed by atoms with Crippen LogP contribution in [0.15, 0.2) is 0 Å². The van der Waals surface area contributed by atoms with E-state index in [0.29, 0.717) is 51.9 Å². The van der Waals surface area contributed by atoms with Crippen LogP contribution in [0.25, 0.3) is 0 Å². The van der Waals surface area contributed by atoms with Gasteiger partial charge in [-0.3, -0.25) is 19.3 Å². The lowest BCUT2D eigenvalue weighted by atomic mass is 10.2. The SMILES string of the molecule is C[Si](C)(C)CCONOCCCNC(=O)CCCCC(N)=O. The average Bonchev–Trinajstić information content (AvgIpc) is 2.40. The van der Waals surface area contributed by atoms with Crippen LogP contribution in [0.4, 0.5) is 0 Å². The quantitative estimate of drug-likeness (QED) is 0.253. The Morgan fingerprint density at radius 1 is 1.00 bits per heavy atom. The predicted octanol–water partition coefficient (Wildman–Crippen LogP) is 1.33. The topological polar surface area (TPSA) is 103 Å². The van der Waals surface area contributed by atoms with Crippen LogP contribution in [0, 0.1) is 0 Å². The highest BCUT2D eigenvalue weighted by Gasteiger charge is 2.11. The van der Waals surface area contributed by atoms with Gasteiger partial charge in [-0.05, 0) is 25.3 Å².